The molecule has 1 saturated heterocycles. The highest BCUT2D eigenvalue weighted by Crippen LogP contribution is 2.26. The van der Waals surface area contributed by atoms with Crippen LogP contribution in [0.3, 0.4) is 0 Å². The van der Waals surface area contributed by atoms with Gasteiger partial charge in [0.2, 0.25) is 0 Å². The first-order valence-corrected chi connectivity index (χ1v) is 7.94. The van der Waals surface area contributed by atoms with E-state index < -0.39 is 0 Å². The molecule has 1 unspecified atom stereocenters. The van der Waals surface area contributed by atoms with Crippen LogP contribution in [-0.2, 0) is 11.3 Å². The number of aliphatic hydroxyl groups excluding tert-OH is 1. The van der Waals surface area contributed by atoms with Crippen molar-refractivity contribution in [2.45, 2.75) is 26.5 Å². The number of hydrogen-bond acceptors (Lipinski definition) is 4. The second-order valence-electron chi connectivity index (χ2n) is 5.92. The van der Waals surface area contributed by atoms with E-state index in [-0.39, 0.29) is 12.7 Å². The van der Waals surface area contributed by atoms with Gasteiger partial charge in [0.1, 0.15) is 0 Å². The Morgan fingerprint density at radius 1 is 1.48 bits per heavy atom. The molecular weight excluding hydrogens is 288 g/mol. The zero-order valence-electron chi connectivity index (χ0n) is 12.8. The first-order valence-electron chi connectivity index (χ1n) is 7.56. The van der Waals surface area contributed by atoms with Gasteiger partial charge >= 0.3 is 0 Å². The van der Waals surface area contributed by atoms with Gasteiger partial charge < -0.3 is 20.1 Å². The number of hydrogen-bond donors (Lipinski definition) is 2. The van der Waals surface area contributed by atoms with Crippen LogP contribution in [0.4, 0.5) is 5.69 Å². The molecule has 1 aromatic carbocycles. The zero-order chi connectivity index (χ0) is 15.2. The number of nitrogens with one attached hydrogen (secondary N) is 1. The smallest absolute Gasteiger partial charge is 0.0980 e. The third-order valence-electron chi connectivity index (χ3n) is 3.60. The van der Waals surface area contributed by atoms with E-state index in [4.69, 9.17) is 16.3 Å². The fraction of sp³-hybridized carbons (Fsp3) is 0.625. The summed E-state index contributed by atoms with van der Waals surface area (Å²) in [5.74, 6) is 0.628. The van der Waals surface area contributed by atoms with Crippen molar-refractivity contribution in [3.8, 4) is 0 Å². The van der Waals surface area contributed by atoms with Crippen LogP contribution in [0.5, 0.6) is 0 Å². The molecule has 0 amide bonds. The van der Waals surface area contributed by atoms with Crippen molar-refractivity contribution in [2.75, 3.05) is 37.7 Å². The summed E-state index contributed by atoms with van der Waals surface area (Å²) >= 11 is 6.16. The van der Waals surface area contributed by atoms with Gasteiger partial charge in [-0.05, 0) is 30.2 Å². The number of benzene rings is 1. The fourth-order valence-electron chi connectivity index (χ4n) is 2.52. The molecule has 1 fully saturated rings. The minimum absolute atomic E-state index is 0.0536. The average molecular weight is 313 g/mol. The summed E-state index contributed by atoms with van der Waals surface area (Å²) in [5.41, 5.74) is 2.37. The molecule has 4 nitrogen and oxygen atoms in total. The highest BCUT2D eigenvalue weighted by Gasteiger charge is 2.21. The van der Waals surface area contributed by atoms with Crippen LogP contribution < -0.4 is 10.2 Å². The molecule has 1 heterocycles. The van der Waals surface area contributed by atoms with Crippen LogP contribution in [0.2, 0.25) is 5.02 Å². The SMILES string of the molecule is CC(C)CNCc1ccc(Cl)cc1N1CCOC(CO)C1. The molecule has 1 aliphatic heterocycles. The number of ether oxygens (including phenoxy) is 1. The number of halogens is 1. The van der Waals surface area contributed by atoms with Crippen LogP contribution in [0.15, 0.2) is 18.2 Å². The summed E-state index contributed by atoms with van der Waals surface area (Å²) in [4.78, 5) is 2.25. The highest BCUT2D eigenvalue weighted by atomic mass is 35.5. The van der Waals surface area contributed by atoms with Gasteiger partial charge in [0.05, 0.1) is 19.3 Å². The molecule has 0 bridgehead atoms. The lowest BCUT2D eigenvalue weighted by molar-refractivity contribution is 0.00352. The molecule has 2 rings (SSSR count). The Morgan fingerprint density at radius 2 is 2.29 bits per heavy atom. The first-order chi connectivity index (χ1) is 10.1. The number of nitrogens with zero attached hydrogens (tertiary/aromatic N) is 1. The molecular formula is C16H25ClN2O2. The fourth-order valence-corrected chi connectivity index (χ4v) is 2.69. The molecule has 0 aromatic heterocycles. The molecule has 0 radical (unpaired) electrons. The number of anilines is 1. The standard InChI is InChI=1S/C16H25ClN2O2/c1-12(2)8-18-9-13-3-4-14(17)7-16(13)19-5-6-21-15(10-19)11-20/h3-4,7,12,15,18,20H,5-6,8-11H2,1-2H3. The lowest BCUT2D eigenvalue weighted by atomic mass is 10.1. The van der Waals surface area contributed by atoms with E-state index in [1.165, 1.54) is 5.56 Å². The van der Waals surface area contributed by atoms with Crippen molar-refractivity contribution in [1.29, 1.82) is 0 Å². The van der Waals surface area contributed by atoms with Gasteiger partial charge in [0, 0.05) is 30.3 Å². The molecule has 0 spiro atoms. The van der Waals surface area contributed by atoms with Crippen LogP contribution in [0, 0.1) is 5.92 Å². The van der Waals surface area contributed by atoms with Gasteiger partial charge in [-0.25, -0.2) is 0 Å². The molecule has 21 heavy (non-hydrogen) atoms. The number of rotatable bonds is 6. The highest BCUT2D eigenvalue weighted by molar-refractivity contribution is 6.30. The molecule has 1 atom stereocenters. The van der Waals surface area contributed by atoms with Crippen molar-refractivity contribution < 1.29 is 9.84 Å². The quantitative estimate of drug-likeness (QED) is 0.846. The minimum Gasteiger partial charge on any atom is -0.394 e. The maximum atomic E-state index is 9.29. The lowest BCUT2D eigenvalue weighted by Crippen LogP contribution is -2.44. The summed E-state index contributed by atoms with van der Waals surface area (Å²) < 4.78 is 5.52. The van der Waals surface area contributed by atoms with E-state index in [0.29, 0.717) is 19.1 Å². The van der Waals surface area contributed by atoms with Crippen molar-refractivity contribution in [3.05, 3.63) is 28.8 Å². The molecule has 1 aromatic rings. The molecule has 5 heteroatoms. The third kappa shape index (κ3) is 4.85. The van der Waals surface area contributed by atoms with Gasteiger partial charge in [-0.15, -0.1) is 0 Å². The predicted octanol–water partition coefficient (Wildman–Crippen LogP) is 2.28. The Balaban J connectivity index is 2.10. The topological polar surface area (TPSA) is 44.7 Å². The van der Waals surface area contributed by atoms with Crippen LogP contribution >= 0.6 is 11.6 Å². The molecule has 1 aliphatic rings. The second-order valence-corrected chi connectivity index (χ2v) is 6.36. The summed E-state index contributed by atoms with van der Waals surface area (Å²) in [7, 11) is 0. The number of morpholine rings is 1. The van der Waals surface area contributed by atoms with Crippen LogP contribution in [0.25, 0.3) is 0 Å². The van der Waals surface area contributed by atoms with Crippen molar-refractivity contribution in [3.63, 3.8) is 0 Å². The predicted molar refractivity (Wildman–Crippen MR) is 87.0 cm³/mol. The maximum Gasteiger partial charge on any atom is 0.0980 e. The monoisotopic (exact) mass is 312 g/mol. The Bertz CT molecular complexity index is 454. The van der Waals surface area contributed by atoms with E-state index in [9.17, 15) is 5.11 Å². The van der Waals surface area contributed by atoms with E-state index in [0.717, 1.165) is 30.3 Å². The van der Waals surface area contributed by atoms with E-state index in [1.54, 1.807) is 0 Å². The Kier molecular flexibility index (Phi) is 6.30. The molecule has 0 aliphatic carbocycles. The largest absolute Gasteiger partial charge is 0.394 e. The number of aliphatic hydroxyl groups is 1. The van der Waals surface area contributed by atoms with Gasteiger partial charge in [-0.2, -0.15) is 0 Å². The second kappa shape index (κ2) is 7.99. The summed E-state index contributed by atoms with van der Waals surface area (Å²) in [5, 5.41) is 13.5. The first kappa shape index (κ1) is 16.6. The normalized spacial score (nSPS) is 19.3. The Labute approximate surface area is 132 Å². The Hall–Kier alpha value is -0.810. The van der Waals surface area contributed by atoms with Crippen LogP contribution in [-0.4, -0.2) is 44.1 Å². The van der Waals surface area contributed by atoms with Gasteiger partial charge in [0.25, 0.3) is 0 Å². The van der Waals surface area contributed by atoms with Gasteiger partial charge in [-0.3, -0.25) is 0 Å². The third-order valence-corrected chi connectivity index (χ3v) is 3.83. The Morgan fingerprint density at radius 3 is 3.00 bits per heavy atom. The van der Waals surface area contributed by atoms with E-state index in [1.807, 2.05) is 12.1 Å². The average Bonchev–Trinajstić information content (AvgIpc) is 2.48. The molecule has 0 saturated carbocycles. The summed E-state index contributed by atoms with van der Waals surface area (Å²) in [6, 6.07) is 6.02. The van der Waals surface area contributed by atoms with Crippen molar-refractivity contribution in [2.24, 2.45) is 5.92 Å². The maximum absolute atomic E-state index is 9.29. The van der Waals surface area contributed by atoms with Crippen LogP contribution in [0.1, 0.15) is 19.4 Å². The summed E-state index contributed by atoms with van der Waals surface area (Å²) in [6.45, 7) is 8.43. The van der Waals surface area contributed by atoms with Crippen molar-refractivity contribution in [1.82, 2.24) is 5.32 Å². The summed E-state index contributed by atoms with van der Waals surface area (Å²) in [6.07, 6.45) is -0.116. The molecule has 118 valence electrons. The minimum atomic E-state index is -0.116. The zero-order valence-corrected chi connectivity index (χ0v) is 13.6. The van der Waals surface area contributed by atoms with Gasteiger partial charge in [-0.1, -0.05) is 31.5 Å². The van der Waals surface area contributed by atoms with E-state index in [2.05, 4.69) is 30.1 Å². The van der Waals surface area contributed by atoms with Crippen molar-refractivity contribution >= 4 is 17.3 Å². The lowest BCUT2D eigenvalue weighted by Gasteiger charge is -2.35. The van der Waals surface area contributed by atoms with E-state index >= 15 is 0 Å². The molecule has 2 N–H and O–H groups in total. The van der Waals surface area contributed by atoms with Gasteiger partial charge in [0.15, 0.2) is 0 Å².